The van der Waals surface area contributed by atoms with E-state index in [4.69, 9.17) is 9.72 Å². The topological polar surface area (TPSA) is 56.2 Å². The highest BCUT2D eigenvalue weighted by Crippen LogP contribution is 2.23. The van der Waals surface area contributed by atoms with Crippen molar-refractivity contribution >= 4 is 16.9 Å². The number of aromatic nitrogens is 2. The third-order valence-electron chi connectivity index (χ3n) is 5.85. The van der Waals surface area contributed by atoms with Gasteiger partial charge in [-0.25, -0.2) is 4.98 Å². The molecule has 0 spiro atoms. The highest BCUT2D eigenvalue weighted by Gasteiger charge is 2.12. The lowest BCUT2D eigenvalue weighted by atomic mass is 10.1. The Morgan fingerprint density at radius 1 is 0.970 bits per heavy atom. The molecule has 33 heavy (non-hydrogen) atoms. The quantitative estimate of drug-likeness (QED) is 0.354. The van der Waals surface area contributed by atoms with E-state index in [1.807, 2.05) is 49.4 Å². The maximum absolute atomic E-state index is 12.4. The molecule has 0 aliphatic carbocycles. The zero-order valence-corrected chi connectivity index (χ0v) is 19.6. The first-order chi connectivity index (χ1) is 16.0. The van der Waals surface area contributed by atoms with E-state index in [1.54, 1.807) is 0 Å². The Kier molecular flexibility index (Phi) is 7.08. The van der Waals surface area contributed by atoms with Crippen LogP contribution in [0, 0.1) is 20.8 Å². The number of fused-ring (bicyclic) bond motifs is 1. The van der Waals surface area contributed by atoms with Crippen LogP contribution in [0.1, 0.15) is 39.3 Å². The van der Waals surface area contributed by atoms with Crippen LogP contribution in [0.4, 0.5) is 0 Å². The number of carbonyl (C=O) groups excluding carboxylic acids is 1. The van der Waals surface area contributed by atoms with Gasteiger partial charge in [-0.3, -0.25) is 4.79 Å². The normalized spacial score (nSPS) is 11.0. The first-order valence-corrected chi connectivity index (χ1v) is 11.5. The van der Waals surface area contributed by atoms with Gasteiger partial charge in [0.25, 0.3) is 5.91 Å². The minimum absolute atomic E-state index is 0.0331. The average Bonchev–Trinajstić information content (AvgIpc) is 3.16. The second-order valence-corrected chi connectivity index (χ2v) is 8.47. The van der Waals surface area contributed by atoms with Crippen molar-refractivity contribution in [3.8, 4) is 5.75 Å². The number of aryl methyl sites for hydroxylation is 4. The van der Waals surface area contributed by atoms with Crippen molar-refractivity contribution in [3.05, 3.63) is 94.8 Å². The summed E-state index contributed by atoms with van der Waals surface area (Å²) in [6.07, 6.45) is 1.60. The van der Waals surface area contributed by atoms with Gasteiger partial charge in [0.15, 0.2) is 0 Å². The standard InChI is InChI=1S/C28H31N3O2/c1-20-9-6-12-23(19-20)28(32)29-16-8-15-26-30-24-13-4-5-14-25(24)31(26)17-18-33-27-21(2)10-7-11-22(27)3/h4-7,9-14,19H,8,15-18H2,1-3H3,(H,29,32). The fourth-order valence-electron chi connectivity index (χ4n) is 4.17. The van der Waals surface area contributed by atoms with Crippen LogP contribution in [0.25, 0.3) is 11.0 Å². The van der Waals surface area contributed by atoms with E-state index in [2.05, 4.69) is 48.0 Å². The minimum atomic E-state index is -0.0331. The van der Waals surface area contributed by atoms with Gasteiger partial charge in [0, 0.05) is 18.5 Å². The smallest absolute Gasteiger partial charge is 0.251 e. The molecule has 0 saturated carbocycles. The summed E-state index contributed by atoms with van der Waals surface area (Å²) in [6.45, 7) is 8.04. The Labute approximate surface area is 195 Å². The van der Waals surface area contributed by atoms with Crippen molar-refractivity contribution in [1.29, 1.82) is 0 Å². The van der Waals surface area contributed by atoms with E-state index in [9.17, 15) is 4.79 Å². The number of nitrogens with zero attached hydrogens (tertiary/aromatic N) is 2. The molecule has 0 aliphatic heterocycles. The number of amides is 1. The van der Waals surface area contributed by atoms with Crippen LogP contribution in [0.5, 0.6) is 5.75 Å². The van der Waals surface area contributed by atoms with Crippen molar-refractivity contribution in [2.45, 2.75) is 40.2 Å². The van der Waals surface area contributed by atoms with Gasteiger partial charge in [0.1, 0.15) is 18.2 Å². The van der Waals surface area contributed by atoms with Gasteiger partial charge in [-0.05, 0) is 62.6 Å². The molecule has 0 atom stereocenters. The number of ether oxygens (including phenoxy) is 1. The molecule has 1 heterocycles. The maximum Gasteiger partial charge on any atom is 0.251 e. The Morgan fingerprint density at radius 3 is 2.52 bits per heavy atom. The molecular formula is C28H31N3O2. The molecule has 4 rings (SSSR count). The molecule has 0 unspecified atom stereocenters. The van der Waals surface area contributed by atoms with Crippen LogP contribution >= 0.6 is 0 Å². The molecule has 3 aromatic carbocycles. The second-order valence-electron chi connectivity index (χ2n) is 8.47. The molecule has 5 heteroatoms. The number of carbonyl (C=O) groups is 1. The zero-order valence-electron chi connectivity index (χ0n) is 19.6. The van der Waals surface area contributed by atoms with Gasteiger partial charge in [0.2, 0.25) is 0 Å². The second kappa shape index (κ2) is 10.3. The van der Waals surface area contributed by atoms with Crippen LogP contribution in [0.15, 0.2) is 66.7 Å². The zero-order chi connectivity index (χ0) is 23.2. The molecule has 0 bridgehead atoms. The highest BCUT2D eigenvalue weighted by molar-refractivity contribution is 5.94. The van der Waals surface area contributed by atoms with Gasteiger partial charge < -0.3 is 14.6 Å². The monoisotopic (exact) mass is 441 g/mol. The Bertz CT molecular complexity index is 1240. The van der Waals surface area contributed by atoms with Gasteiger partial charge in [0.05, 0.1) is 17.6 Å². The summed E-state index contributed by atoms with van der Waals surface area (Å²) in [6, 6.07) is 22.1. The first kappa shape index (κ1) is 22.6. The molecule has 0 fully saturated rings. The molecule has 1 amide bonds. The number of hydrogen-bond donors (Lipinski definition) is 1. The predicted molar refractivity (Wildman–Crippen MR) is 133 cm³/mol. The summed E-state index contributed by atoms with van der Waals surface area (Å²) in [5.41, 5.74) is 6.18. The van der Waals surface area contributed by atoms with E-state index < -0.39 is 0 Å². The van der Waals surface area contributed by atoms with Crippen molar-refractivity contribution in [1.82, 2.24) is 14.9 Å². The molecule has 1 N–H and O–H groups in total. The summed E-state index contributed by atoms with van der Waals surface area (Å²) in [4.78, 5) is 17.3. The number of imidazole rings is 1. The fraction of sp³-hybridized carbons (Fsp3) is 0.286. The molecule has 1 aromatic heterocycles. The molecule has 0 aliphatic rings. The summed E-state index contributed by atoms with van der Waals surface area (Å²) < 4.78 is 8.40. The summed E-state index contributed by atoms with van der Waals surface area (Å²) in [5, 5.41) is 3.03. The Balaban J connectivity index is 1.39. The van der Waals surface area contributed by atoms with Crippen molar-refractivity contribution < 1.29 is 9.53 Å². The van der Waals surface area contributed by atoms with E-state index >= 15 is 0 Å². The van der Waals surface area contributed by atoms with Crippen molar-refractivity contribution in [2.75, 3.05) is 13.2 Å². The summed E-state index contributed by atoms with van der Waals surface area (Å²) in [5.74, 6) is 1.95. The van der Waals surface area contributed by atoms with E-state index in [1.165, 1.54) is 0 Å². The summed E-state index contributed by atoms with van der Waals surface area (Å²) in [7, 11) is 0. The number of benzene rings is 3. The number of rotatable bonds is 9. The van der Waals surface area contributed by atoms with Crippen LogP contribution in [0.2, 0.25) is 0 Å². The van der Waals surface area contributed by atoms with Crippen LogP contribution < -0.4 is 10.1 Å². The van der Waals surface area contributed by atoms with Crippen LogP contribution in [-0.4, -0.2) is 28.6 Å². The van der Waals surface area contributed by atoms with Gasteiger partial charge in [-0.1, -0.05) is 48.0 Å². The third kappa shape index (κ3) is 5.43. The van der Waals surface area contributed by atoms with E-state index in [0.717, 1.165) is 58.7 Å². The first-order valence-electron chi connectivity index (χ1n) is 11.5. The Morgan fingerprint density at radius 2 is 1.73 bits per heavy atom. The molecule has 5 nitrogen and oxygen atoms in total. The molecule has 0 radical (unpaired) electrons. The van der Waals surface area contributed by atoms with Crippen molar-refractivity contribution in [2.24, 2.45) is 0 Å². The summed E-state index contributed by atoms with van der Waals surface area (Å²) >= 11 is 0. The molecule has 170 valence electrons. The lowest BCUT2D eigenvalue weighted by Gasteiger charge is -2.14. The Hall–Kier alpha value is -3.60. The van der Waals surface area contributed by atoms with Gasteiger partial charge in [-0.2, -0.15) is 0 Å². The van der Waals surface area contributed by atoms with Gasteiger partial charge >= 0.3 is 0 Å². The average molecular weight is 442 g/mol. The molecule has 4 aromatic rings. The molecular weight excluding hydrogens is 410 g/mol. The fourth-order valence-corrected chi connectivity index (χ4v) is 4.17. The van der Waals surface area contributed by atoms with Gasteiger partial charge in [-0.15, -0.1) is 0 Å². The minimum Gasteiger partial charge on any atom is -0.491 e. The van der Waals surface area contributed by atoms with E-state index in [-0.39, 0.29) is 5.91 Å². The predicted octanol–water partition coefficient (Wildman–Crippen LogP) is 5.40. The third-order valence-corrected chi connectivity index (χ3v) is 5.85. The number of nitrogens with one attached hydrogen (secondary N) is 1. The molecule has 0 saturated heterocycles. The largest absolute Gasteiger partial charge is 0.491 e. The van der Waals surface area contributed by atoms with E-state index in [0.29, 0.717) is 18.7 Å². The van der Waals surface area contributed by atoms with Crippen LogP contribution in [-0.2, 0) is 13.0 Å². The lowest BCUT2D eigenvalue weighted by Crippen LogP contribution is -2.25. The lowest BCUT2D eigenvalue weighted by molar-refractivity contribution is 0.0953. The van der Waals surface area contributed by atoms with Crippen LogP contribution in [0.3, 0.4) is 0 Å². The highest BCUT2D eigenvalue weighted by atomic mass is 16.5. The SMILES string of the molecule is Cc1cccc(C(=O)NCCCc2nc3ccccc3n2CCOc2c(C)cccc2C)c1. The maximum atomic E-state index is 12.4. The number of para-hydroxylation sites is 3. The van der Waals surface area contributed by atoms with Crippen molar-refractivity contribution in [3.63, 3.8) is 0 Å². The number of hydrogen-bond acceptors (Lipinski definition) is 3.